The molecule has 5 N–H and O–H groups in total. The number of aliphatic imine (C=N–C) groups is 1. The first-order chi connectivity index (χ1) is 17.9. The van der Waals surface area contributed by atoms with Gasteiger partial charge in [-0.05, 0) is 37.6 Å². The van der Waals surface area contributed by atoms with Gasteiger partial charge < -0.3 is 26.4 Å². The average Bonchev–Trinajstić information content (AvgIpc) is 3.33. The van der Waals surface area contributed by atoms with Crippen LogP contribution in [-0.2, 0) is 27.0 Å². The van der Waals surface area contributed by atoms with Crippen LogP contribution in [0.5, 0.6) is 0 Å². The fourth-order valence-electron chi connectivity index (χ4n) is 3.73. The fraction of sp³-hybridized carbons (Fsp3) is 0.308. The second kappa shape index (κ2) is 11.9. The Morgan fingerprint density at radius 1 is 1.32 bits per heavy atom. The molecule has 2 amide bonds. The Morgan fingerprint density at radius 2 is 2.05 bits per heavy atom. The van der Waals surface area contributed by atoms with E-state index < -0.39 is 29.1 Å². The first-order valence-electron chi connectivity index (χ1n) is 11.6. The molecule has 1 aliphatic heterocycles. The molecule has 0 saturated carbocycles. The molecule has 38 heavy (non-hydrogen) atoms. The number of amides is 2. The molecule has 12 heteroatoms. The van der Waals surface area contributed by atoms with Crippen LogP contribution < -0.4 is 21.7 Å². The van der Waals surface area contributed by atoms with Gasteiger partial charge in [0.1, 0.15) is 5.54 Å². The van der Waals surface area contributed by atoms with Gasteiger partial charge in [-0.25, -0.2) is 0 Å². The van der Waals surface area contributed by atoms with Gasteiger partial charge in [-0.15, -0.1) is 0 Å². The normalized spacial score (nSPS) is 17.9. The van der Waals surface area contributed by atoms with Crippen LogP contribution in [0.4, 0.5) is 24.5 Å². The van der Waals surface area contributed by atoms with Gasteiger partial charge in [0.05, 0.1) is 47.6 Å². The number of nitrogens with two attached hydrogens (primary N) is 1. The Balaban J connectivity index is 1.69. The number of hydrogen-bond donors (Lipinski definition) is 4. The Kier molecular flexibility index (Phi) is 8.89. The van der Waals surface area contributed by atoms with Crippen molar-refractivity contribution in [3.63, 3.8) is 0 Å². The zero-order valence-corrected chi connectivity index (χ0v) is 21.0. The van der Waals surface area contributed by atoms with Crippen LogP contribution in [0.3, 0.4) is 0 Å². The number of allylic oxidation sites excluding steroid dienone is 1. The SMILES string of the molecule is C=C(C)N=C/C(=C\N)C(=O)N[C@@]1(C(=O)NCc2ncc(Nc3ccccc3C(F)(F)F)cc2C)CCOC1. The predicted molar refractivity (Wildman–Crippen MR) is 137 cm³/mol. The maximum atomic E-state index is 13.3. The van der Waals surface area contributed by atoms with Gasteiger partial charge in [-0.3, -0.25) is 19.6 Å². The van der Waals surface area contributed by atoms with E-state index in [4.69, 9.17) is 10.5 Å². The van der Waals surface area contributed by atoms with Crippen LogP contribution in [0.15, 0.2) is 65.6 Å². The van der Waals surface area contributed by atoms with E-state index in [2.05, 4.69) is 32.5 Å². The molecule has 2 aromatic rings. The molecule has 0 spiro atoms. The van der Waals surface area contributed by atoms with Crippen molar-refractivity contribution in [2.24, 2.45) is 10.7 Å². The lowest BCUT2D eigenvalue weighted by Crippen LogP contribution is -2.59. The highest BCUT2D eigenvalue weighted by atomic mass is 19.4. The third-order valence-corrected chi connectivity index (χ3v) is 5.79. The second-order valence-electron chi connectivity index (χ2n) is 8.79. The summed E-state index contributed by atoms with van der Waals surface area (Å²) in [6, 6.07) is 6.78. The number of halogens is 3. The summed E-state index contributed by atoms with van der Waals surface area (Å²) in [5.41, 5.74) is 5.38. The number of nitrogens with zero attached hydrogens (tertiary/aromatic N) is 2. The van der Waals surface area contributed by atoms with Crippen LogP contribution in [-0.4, -0.2) is 41.8 Å². The van der Waals surface area contributed by atoms with Crippen LogP contribution in [0.1, 0.15) is 30.2 Å². The van der Waals surface area contributed by atoms with E-state index in [9.17, 15) is 22.8 Å². The fourth-order valence-corrected chi connectivity index (χ4v) is 3.73. The minimum absolute atomic E-state index is 0.0262. The Hall–Kier alpha value is -4.19. The van der Waals surface area contributed by atoms with Crippen LogP contribution in [0.25, 0.3) is 0 Å². The molecule has 1 atom stereocenters. The summed E-state index contributed by atoms with van der Waals surface area (Å²) >= 11 is 0. The number of anilines is 2. The van der Waals surface area contributed by atoms with Crippen LogP contribution >= 0.6 is 0 Å². The van der Waals surface area contributed by atoms with E-state index in [-0.39, 0.29) is 37.4 Å². The number of pyridine rings is 1. The molecule has 202 valence electrons. The highest BCUT2D eigenvalue weighted by Gasteiger charge is 2.44. The van der Waals surface area contributed by atoms with Gasteiger partial charge in [0.25, 0.3) is 5.91 Å². The van der Waals surface area contributed by atoms with E-state index in [0.29, 0.717) is 22.6 Å². The zero-order chi connectivity index (χ0) is 27.9. The highest BCUT2D eigenvalue weighted by Crippen LogP contribution is 2.35. The van der Waals surface area contributed by atoms with Crippen LogP contribution in [0, 0.1) is 6.92 Å². The number of aromatic nitrogens is 1. The standard InChI is InChI=1S/C26H29F3N6O3/c1-16(2)31-12-18(11-30)23(36)35-25(8-9-38-15-25)24(37)33-14-22-17(3)10-19(13-32-22)34-21-7-5-4-6-20(21)26(27,28)29/h4-7,10-13,34H,1,8-9,14-15,30H2,2-3H3,(H,33,37)(H,35,36)/b18-11+,31-12?/t25-/m0/s1. The molecule has 2 heterocycles. The van der Waals surface area contributed by atoms with Crippen molar-refractivity contribution >= 4 is 29.4 Å². The Morgan fingerprint density at radius 3 is 2.66 bits per heavy atom. The number of hydrogen-bond acceptors (Lipinski definition) is 7. The van der Waals surface area contributed by atoms with Gasteiger partial charge in [-0.1, -0.05) is 18.7 Å². The van der Waals surface area contributed by atoms with Gasteiger partial charge in [-0.2, -0.15) is 13.2 Å². The molecule has 1 fully saturated rings. The molecule has 1 saturated heterocycles. The number of rotatable bonds is 9. The van der Waals surface area contributed by atoms with E-state index in [0.717, 1.165) is 12.3 Å². The second-order valence-corrected chi connectivity index (χ2v) is 8.79. The molecular formula is C26H29F3N6O3. The minimum Gasteiger partial charge on any atom is -0.404 e. The monoisotopic (exact) mass is 530 g/mol. The number of carbonyl (C=O) groups excluding carboxylic acids is 2. The predicted octanol–water partition coefficient (Wildman–Crippen LogP) is 3.49. The third-order valence-electron chi connectivity index (χ3n) is 5.79. The van der Waals surface area contributed by atoms with Gasteiger partial charge in [0, 0.05) is 31.1 Å². The Bertz CT molecular complexity index is 1270. The summed E-state index contributed by atoms with van der Waals surface area (Å²) in [7, 11) is 0. The summed E-state index contributed by atoms with van der Waals surface area (Å²) in [5, 5.41) is 8.23. The smallest absolute Gasteiger partial charge is 0.404 e. The molecule has 9 nitrogen and oxygen atoms in total. The third kappa shape index (κ3) is 6.97. The van der Waals surface area contributed by atoms with E-state index in [1.54, 1.807) is 19.9 Å². The lowest BCUT2D eigenvalue weighted by molar-refractivity contribution is -0.137. The van der Waals surface area contributed by atoms with Crippen molar-refractivity contribution < 1.29 is 27.5 Å². The molecule has 1 aromatic heterocycles. The number of carbonyl (C=O) groups is 2. The van der Waals surface area contributed by atoms with Crippen molar-refractivity contribution in [3.05, 3.63) is 77.4 Å². The maximum absolute atomic E-state index is 13.3. The number of nitrogens with one attached hydrogen (secondary N) is 3. The number of aryl methyl sites for hydroxylation is 1. The molecule has 1 aromatic carbocycles. The molecule has 3 rings (SSSR count). The van der Waals surface area contributed by atoms with Gasteiger partial charge in [0.2, 0.25) is 5.91 Å². The molecular weight excluding hydrogens is 501 g/mol. The summed E-state index contributed by atoms with van der Waals surface area (Å²) < 4.78 is 45.3. The molecule has 0 radical (unpaired) electrons. The topological polar surface area (TPSA) is 131 Å². The number of ether oxygens (including phenoxy) is 1. The summed E-state index contributed by atoms with van der Waals surface area (Å²) in [6.07, 6.45) is -0.539. The van der Waals surface area contributed by atoms with E-state index in [1.807, 2.05) is 0 Å². The van der Waals surface area contributed by atoms with Crippen molar-refractivity contribution in [1.29, 1.82) is 0 Å². The maximum Gasteiger partial charge on any atom is 0.418 e. The number of benzene rings is 1. The quantitative estimate of drug-likeness (QED) is 0.290. The summed E-state index contributed by atoms with van der Waals surface area (Å²) in [5.74, 6) is -1.07. The summed E-state index contributed by atoms with van der Waals surface area (Å²) in [6.45, 7) is 7.27. The number of para-hydroxylation sites is 1. The highest BCUT2D eigenvalue weighted by molar-refractivity contribution is 6.13. The molecule has 1 aliphatic rings. The summed E-state index contributed by atoms with van der Waals surface area (Å²) in [4.78, 5) is 34.2. The Labute approximate surface area is 218 Å². The first kappa shape index (κ1) is 28.4. The van der Waals surface area contributed by atoms with Gasteiger partial charge >= 0.3 is 6.18 Å². The molecule has 0 aliphatic carbocycles. The minimum atomic E-state index is -4.51. The average molecular weight is 531 g/mol. The first-order valence-corrected chi connectivity index (χ1v) is 11.6. The largest absolute Gasteiger partial charge is 0.418 e. The van der Waals surface area contributed by atoms with Gasteiger partial charge in [0.15, 0.2) is 0 Å². The molecule has 0 unspecified atom stereocenters. The van der Waals surface area contributed by atoms with Crippen LogP contribution in [0.2, 0.25) is 0 Å². The molecule has 0 bridgehead atoms. The lowest BCUT2D eigenvalue weighted by Gasteiger charge is -2.27. The van der Waals surface area contributed by atoms with Crippen molar-refractivity contribution in [1.82, 2.24) is 15.6 Å². The van der Waals surface area contributed by atoms with Crippen molar-refractivity contribution in [2.45, 2.75) is 38.5 Å². The van der Waals surface area contributed by atoms with E-state index in [1.165, 1.54) is 30.6 Å². The number of alkyl halides is 3. The lowest BCUT2D eigenvalue weighted by atomic mass is 9.96. The van der Waals surface area contributed by atoms with Crippen molar-refractivity contribution in [3.8, 4) is 0 Å². The van der Waals surface area contributed by atoms with Crippen molar-refractivity contribution in [2.75, 3.05) is 18.5 Å². The van der Waals surface area contributed by atoms with E-state index >= 15 is 0 Å². The zero-order valence-electron chi connectivity index (χ0n) is 21.0.